The van der Waals surface area contributed by atoms with Crippen LogP contribution in [-0.4, -0.2) is 16.0 Å². The minimum absolute atomic E-state index is 0.467. The molecule has 1 heterocycles. The third-order valence-electron chi connectivity index (χ3n) is 2.51. The molecule has 14 heavy (non-hydrogen) atoms. The normalized spacial score (nSPS) is 12.6. The van der Waals surface area contributed by atoms with Crippen molar-refractivity contribution in [1.82, 2.24) is 9.97 Å². The zero-order valence-electron chi connectivity index (χ0n) is 9.46. The van der Waals surface area contributed by atoms with Gasteiger partial charge >= 0.3 is 0 Å². The Bertz CT molecular complexity index is 297. The Labute approximate surface area is 86.0 Å². The van der Waals surface area contributed by atoms with E-state index in [-0.39, 0.29) is 0 Å². The molecule has 0 saturated heterocycles. The fraction of sp³-hybridized carbons (Fsp3) is 0.636. The van der Waals surface area contributed by atoms with Crippen LogP contribution >= 0.6 is 0 Å². The molecule has 3 heteroatoms. The van der Waals surface area contributed by atoms with Crippen LogP contribution in [-0.2, 0) is 6.42 Å². The Balaban J connectivity index is 2.90. The Morgan fingerprint density at radius 1 is 1.36 bits per heavy atom. The van der Waals surface area contributed by atoms with E-state index in [4.69, 9.17) is 0 Å². The Kier molecular flexibility index (Phi) is 3.86. The topological polar surface area (TPSA) is 37.8 Å². The van der Waals surface area contributed by atoms with Crippen molar-refractivity contribution in [3.05, 3.63) is 17.6 Å². The van der Waals surface area contributed by atoms with Crippen molar-refractivity contribution in [2.45, 2.75) is 46.6 Å². The van der Waals surface area contributed by atoms with Crippen molar-refractivity contribution in [1.29, 1.82) is 0 Å². The minimum atomic E-state index is 0.467. The van der Waals surface area contributed by atoms with E-state index >= 15 is 0 Å². The van der Waals surface area contributed by atoms with Crippen LogP contribution in [0.4, 0.5) is 5.82 Å². The van der Waals surface area contributed by atoms with Crippen LogP contribution in [0.1, 0.15) is 38.4 Å². The molecule has 0 saturated carbocycles. The van der Waals surface area contributed by atoms with Gasteiger partial charge in [-0.15, -0.1) is 0 Å². The van der Waals surface area contributed by atoms with E-state index in [1.165, 1.54) is 5.56 Å². The molecule has 0 aliphatic carbocycles. The summed E-state index contributed by atoms with van der Waals surface area (Å²) in [6, 6.07) is 0.467. The van der Waals surface area contributed by atoms with Crippen molar-refractivity contribution in [2.24, 2.45) is 0 Å². The maximum Gasteiger partial charge on any atom is 0.133 e. The highest BCUT2D eigenvalue weighted by Gasteiger charge is 2.07. The first-order valence-electron chi connectivity index (χ1n) is 5.26. The zero-order valence-corrected chi connectivity index (χ0v) is 9.46. The van der Waals surface area contributed by atoms with Gasteiger partial charge in [-0.25, -0.2) is 9.97 Å². The highest BCUT2D eigenvalue weighted by molar-refractivity contribution is 5.46. The maximum atomic E-state index is 4.28. The van der Waals surface area contributed by atoms with Crippen LogP contribution in [0, 0.1) is 6.92 Å². The van der Waals surface area contributed by atoms with Crippen LogP contribution in [0.25, 0.3) is 0 Å². The van der Waals surface area contributed by atoms with Gasteiger partial charge in [0.1, 0.15) is 12.1 Å². The van der Waals surface area contributed by atoms with Gasteiger partial charge in [-0.05, 0) is 26.7 Å². The third-order valence-corrected chi connectivity index (χ3v) is 2.51. The number of aryl methyl sites for hydroxylation is 1. The van der Waals surface area contributed by atoms with E-state index in [0.717, 1.165) is 24.4 Å². The average Bonchev–Trinajstić information content (AvgIpc) is 2.18. The molecule has 1 aromatic rings. The largest absolute Gasteiger partial charge is 0.367 e. The van der Waals surface area contributed by atoms with Crippen LogP contribution < -0.4 is 5.32 Å². The number of anilines is 1. The third kappa shape index (κ3) is 2.44. The van der Waals surface area contributed by atoms with E-state index < -0.39 is 0 Å². The predicted molar refractivity (Wildman–Crippen MR) is 59.5 cm³/mol. The molecule has 0 aliphatic heterocycles. The lowest BCUT2D eigenvalue weighted by molar-refractivity contribution is 0.754. The number of rotatable bonds is 4. The van der Waals surface area contributed by atoms with E-state index in [1.807, 2.05) is 6.92 Å². The Morgan fingerprint density at radius 2 is 2.07 bits per heavy atom. The number of hydrogen-bond acceptors (Lipinski definition) is 3. The summed E-state index contributed by atoms with van der Waals surface area (Å²) < 4.78 is 0. The second kappa shape index (κ2) is 4.94. The van der Waals surface area contributed by atoms with Crippen molar-refractivity contribution >= 4 is 5.82 Å². The van der Waals surface area contributed by atoms with Gasteiger partial charge in [-0.3, -0.25) is 0 Å². The van der Waals surface area contributed by atoms with Gasteiger partial charge in [0.25, 0.3) is 0 Å². The summed E-state index contributed by atoms with van der Waals surface area (Å²) in [7, 11) is 0. The molecule has 3 nitrogen and oxygen atoms in total. The molecular formula is C11H19N3. The van der Waals surface area contributed by atoms with Crippen LogP contribution in [0.3, 0.4) is 0 Å². The van der Waals surface area contributed by atoms with Crippen LogP contribution in [0.2, 0.25) is 0 Å². The zero-order chi connectivity index (χ0) is 10.6. The first kappa shape index (κ1) is 11.0. The molecule has 78 valence electrons. The van der Waals surface area contributed by atoms with Gasteiger partial charge in [0.2, 0.25) is 0 Å². The lowest BCUT2D eigenvalue weighted by Crippen LogP contribution is -2.16. The molecule has 0 aromatic carbocycles. The van der Waals surface area contributed by atoms with E-state index in [2.05, 4.69) is 36.1 Å². The number of nitrogens with one attached hydrogen (secondary N) is 1. The second-order valence-electron chi connectivity index (χ2n) is 3.59. The Morgan fingerprint density at radius 3 is 2.64 bits per heavy atom. The number of nitrogens with zero attached hydrogens (tertiary/aromatic N) is 2. The summed E-state index contributed by atoms with van der Waals surface area (Å²) in [4.78, 5) is 8.47. The molecule has 1 aromatic heterocycles. The van der Waals surface area contributed by atoms with Crippen LogP contribution in [0.5, 0.6) is 0 Å². The molecule has 1 atom stereocenters. The smallest absolute Gasteiger partial charge is 0.133 e. The molecule has 0 aliphatic rings. The molecule has 1 unspecified atom stereocenters. The quantitative estimate of drug-likeness (QED) is 0.798. The molecule has 0 amide bonds. The van der Waals surface area contributed by atoms with Gasteiger partial charge in [0, 0.05) is 17.3 Å². The fourth-order valence-electron chi connectivity index (χ4n) is 1.38. The van der Waals surface area contributed by atoms with Gasteiger partial charge in [-0.1, -0.05) is 13.8 Å². The predicted octanol–water partition coefficient (Wildman–Crippen LogP) is 2.56. The molecule has 0 radical (unpaired) electrons. The monoisotopic (exact) mass is 193 g/mol. The van der Waals surface area contributed by atoms with Crippen molar-refractivity contribution in [3.8, 4) is 0 Å². The molecule has 1 N–H and O–H groups in total. The van der Waals surface area contributed by atoms with Gasteiger partial charge < -0.3 is 5.32 Å². The molecular weight excluding hydrogens is 174 g/mol. The lowest BCUT2D eigenvalue weighted by atomic mass is 10.1. The van der Waals surface area contributed by atoms with E-state index in [9.17, 15) is 0 Å². The molecule has 0 bridgehead atoms. The summed E-state index contributed by atoms with van der Waals surface area (Å²) >= 11 is 0. The van der Waals surface area contributed by atoms with Crippen molar-refractivity contribution in [3.63, 3.8) is 0 Å². The van der Waals surface area contributed by atoms with Crippen molar-refractivity contribution in [2.75, 3.05) is 5.32 Å². The van der Waals surface area contributed by atoms with Crippen LogP contribution in [0.15, 0.2) is 6.33 Å². The highest BCUT2D eigenvalue weighted by Crippen LogP contribution is 2.16. The van der Waals surface area contributed by atoms with E-state index in [0.29, 0.717) is 6.04 Å². The summed E-state index contributed by atoms with van der Waals surface area (Å²) in [5, 5.41) is 3.40. The number of hydrogen-bond donors (Lipinski definition) is 1. The van der Waals surface area contributed by atoms with E-state index in [1.54, 1.807) is 6.33 Å². The lowest BCUT2D eigenvalue weighted by Gasteiger charge is -2.15. The second-order valence-corrected chi connectivity index (χ2v) is 3.59. The van der Waals surface area contributed by atoms with Gasteiger partial charge in [-0.2, -0.15) is 0 Å². The summed E-state index contributed by atoms with van der Waals surface area (Å²) in [6.07, 6.45) is 3.71. The maximum absolute atomic E-state index is 4.28. The first-order valence-corrected chi connectivity index (χ1v) is 5.26. The molecule has 0 fully saturated rings. The van der Waals surface area contributed by atoms with Gasteiger partial charge in [0.15, 0.2) is 0 Å². The first-order chi connectivity index (χ1) is 6.69. The standard InChI is InChI=1S/C11H19N3/c1-5-8(3)14-11-10(6-2)9(4)12-7-13-11/h7-8H,5-6H2,1-4H3,(H,12,13,14). The molecule has 0 spiro atoms. The summed E-state index contributed by atoms with van der Waals surface area (Å²) in [5.74, 6) is 0.995. The van der Waals surface area contributed by atoms with Gasteiger partial charge in [0.05, 0.1) is 0 Å². The minimum Gasteiger partial charge on any atom is -0.367 e. The summed E-state index contributed by atoms with van der Waals surface area (Å²) in [6.45, 7) is 8.49. The number of aromatic nitrogens is 2. The summed E-state index contributed by atoms with van der Waals surface area (Å²) in [5.41, 5.74) is 2.31. The Hall–Kier alpha value is -1.12. The SMILES string of the molecule is CCc1c(C)ncnc1NC(C)CC. The molecule has 1 rings (SSSR count). The fourth-order valence-corrected chi connectivity index (χ4v) is 1.38. The highest BCUT2D eigenvalue weighted by atomic mass is 15.0. The van der Waals surface area contributed by atoms with Crippen molar-refractivity contribution < 1.29 is 0 Å². The average molecular weight is 193 g/mol.